The van der Waals surface area contributed by atoms with Gasteiger partial charge >= 0.3 is 6.18 Å². The molecular weight excluding hydrogens is 327 g/mol. The number of halogens is 5. The van der Waals surface area contributed by atoms with Gasteiger partial charge in [-0.05, 0) is 12.1 Å². The number of hydrogen-bond donors (Lipinski definition) is 1. The normalized spacial score (nSPS) is 14.1. The second-order valence-corrected chi connectivity index (χ2v) is 4.36. The minimum Gasteiger partial charge on any atom is -0.316 e. The lowest BCUT2D eigenvalue weighted by atomic mass is 10.1. The van der Waals surface area contributed by atoms with Crippen molar-refractivity contribution >= 4 is 31.9 Å². The molecule has 0 aliphatic rings. The molecule has 0 bridgehead atoms. The largest absolute Gasteiger partial charge is 0.407 e. The van der Waals surface area contributed by atoms with Crippen molar-refractivity contribution in [3.8, 4) is 0 Å². The maximum atomic E-state index is 12.3. The Morgan fingerprint density at radius 2 is 1.57 bits per heavy atom. The zero-order chi connectivity index (χ0) is 10.9. The first-order chi connectivity index (χ1) is 6.34. The Kier molecular flexibility index (Phi) is 3.60. The molecule has 1 aromatic rings. The van der Waals surface area contributed by atoms with E-state index in [2.05, 4.69) is 31.9 Å². The third kappa shape index (κ3) is 2.49. The van der Waals surface area contributed by atoms with Gasteiger partial charge in [-0.2, -0.15) is 13.2 Å². The van der Waals surface area contributed by atoms with E-state index in [-0.39, 0.29) is 5.56 Å². The van der Waals surface area contributed by atoms with E-state index in [9.17, 15) is 13.2 Å². The second-order valence-electron chi connectivity index (χ2n) is 2.65. The number of alkyl halides is 3. The van der Waals surface area contributed by atoms with Crippen LogP contribution < -0.4 is 5.73 Å². The molecule has 1 nitrogen and oxygen atoms in total. The van der Waals surface area contributed by atoms with Gasteiger partial charge in [0.2, 0.25) is 0 Å². The van der Waals surface area contributed by atoms with Crippen molar-refractivity contribution in [2.24, 2.45) is 5.73 Å². The van der Waals surface area contributed by atoms with Crippen LogP contribution in [-0.2, 0) is 0 Å². The first-order valence-electron chi connectivity index (χ1n) is 3.60. The second kappa shape index (κ2) is 4.20. The lowest BCUT2D eigenvalue weighted by Crippen LogP contribution is -2.29. The monoisotopic (exact) mass is 331 g/mol. The zero-order valence-electron chi connectivity index (χ0n) is 6.78. The third-order valence-corrected chi connectivity index (χ3v) is 3.05. The SMILES string of the molecule is N[C@H](c1c(Br)cccc1Br)C(F)(F)F. The molecule has 0 heterocycles. The van der Waals surface area contributed by atoms with Gasteiger partial charge < -0.3 is 5.73 Å². The molecule has 0 unspecified atom stereocenters. The van der Waals surface area contributed by atoms with Crippen LogP contribution >= 0.6 is 31.9 Å². The summed E-state index contributed by atoms with van der Waals surface area (Å²) in [5.74, 6) is 0. The molecule has 14 heavy (non-hydrogen) atoms. The standard InChI is InChI=1S/C8H6Br2F3N/c9-4-2-1-3-5(10)6(4)7(14)8(11,12)13/h1-3,7H,14H2/t7-/m1/s1. The Morgan fingerprint density at radius 3 is 1.93 bits per heavy atom. The Hall–Kier alpha value is -0.0700. The van der Waals surface area contributed by atoms with E-state index >= 15 is 0 Å². The summed E-state index contributed by atoms with van der Waals surface area (Å²) in [5, 5.41) is 0. The third-order valence-electron chi connectivity index (χ3n) is 1.66. The molecular formula is C8H6Br2F3N. The zero-order valence-corrected chi connectivity index (χ0v) is 9.95. The van der Waals surface area contributed by atoms with Crippen molar-refractivity contribution < 1.29 is 13.2 Å². The average Bonchev–Trinajstić information content (AvgIpc) is 2.01. The maximum Gasteiger partial charge on any atom is 0.407 e. The number of rotatable bonds is 1. The summed E-state index contributed by atoms with van der Waals surface area (Å²) in [4.78, 5) is 0. The lowest BCUT2D eigenvalue weighted by Gasteiger charge is -2.18. The molecule has 6 heteroatoms. The van der Waals surface area contributed by atoms with Gasteiger partial charge in [-0.15, -0.1) is 0 Å². The summed E-state index contributed by atoms with van der Waals surface area (Å²) in [7, 11) is 0. The highest BCUT2D eigenvalue weighted by Crippen LogP contribution is 2.38. The van der Waals surface area contributed by atoms with Crippen molar-refractivity contribution in [1.29, 1.82) is 0 Å². The van der Waals surface area contributed by atoms with E-state index in [1.54, 1.807) is 6.07 Å². The quantitative estimate of drug-likeness (QED) is 0.832. The molecule has 78 valence electrons. The highest BCUT2D eigenvalue weighted by molar-refractivity contribution is 9.11. The van der Waals surface area contributed by atoms with Crippen LogP contribution in [0.2, 0.25) is 0 Å². The molecule has 2 N–H and O–H groups in total. The van der Waals surface area contributed by atoms with Crippen LogP contribution in [0.3, 0.4) is 0 Å². The van der Waals surface area contributed by atoms with Gasteiger partial charge in [0.1, 0.15) is 6.04 Å². The predicted molar refractivity (Wildman–Crippen MR) is 54.8 cm³/mol. The van der Waals surface area contributed by atoms with E-state index in [1.807, 2.05) is 0 Å². The lowest BCUT2D eigenvalue weighted by molar-refractivity contribution is -0.149. The molecule has 1 aromatic carbocycles. The Labute approximate surface area is 95.7 Å². The summed E-state index contributed by atoms with van der Waals surface area (Å²) in [6.07, 6.45) is -4.44. The predicted octanol–water partition coefficient (Wildman–Crippen LogP) is 3.77. The van der Waals surface area contributed by atoms with Crippen LogP contribution in [0.15, 0.2) is 27.1 Å². The van der Waals surface area contributed by atoms with E-state index in [0.717, 1.165) is 0 Å². The van der Waals surface area contributed by atoms with Crippen molar-refractivity contribution in [2.75, 3.05) is 0 Å². The molecule has 0 aliphatic carbocycles. The van der Waals surface area contributed by atoms with Crippen molar-refractivity contribution in [2.45, 2.75) is 12.2 Å². The molecule has 0 saturated heterocycles. The Balaban J connectivity index is 3.19. The van der Waals surface area contributed by atoms with Crippen LogP contribution in [0.1, 0.15) is 11.6 Å². The topological polar surface area (TPSA) is 26.0 Å². The highest BCUT2D eigenvalue weighted by atomic mass is 79.9. The summed E-state index contributed by atoms with van der Waals surface area (Å²) in [6.45, 7) is 0. The molecule has 0 radical (unpaired) electrons. The minimum absolute atomic E-state index is 0.0139. The Bertz CT molecular complexity index is 318. The van der Waals surface area contributed by atoms with Crippen LogP contribution in [0, 0.1) is 0 Å². The first-order valence-corrected chi connectivity index (χ1v) is 5.19. The average molecular weight is 333 g/mol. The van der Waals surface area contributed by atoms with Crippen molar-refractivity contribution in [3.63, 3.8) is 0 Å². The molecule has 0 amide bonds. The van der Waals surface area contributed by atoms with Gasteiger partial charge in [0.15, 0.2) is 0 Å². The van der Waals surface area contributed by atoms with E-state index in [1.165, 1.54) is 12.1 Å². The minimum atomic E-state index is -4.44. The van der Waals surface area contributed by atoms with Crippen LogP contribution in [-0.4, -0.2) is 6.18 Å². The number of hydrogen-bond acceptors (Lipinski definition) is 1. The molecule has 0 fully saturated rings. The van der Waals surface area contributed by atoms with Crippen LogP contribution in [0.25, 0.3) is 0 Å². The number of benzene rings is 1. The molecule has 1 atom stereocenters. The fraction of sp³-hybridized carbons (Fsp3) is 0.250. The Morgan fingerprint density at radius 1 is 1.14 bits per heavy atom. The highest BCUT2D eigenvalue weighted by Gasteiger charge is 2.39. The van der Waals surface area contributed by atoms with Gasteiger partial charge in [0.05, 0.1) is 0 Å². The van der Waals surface area contributed by atoms with Gasteiger partial charge in [-0.1, -0.05) is 37.9 Å². The molecule has 1 rings (SSSR count). The maximum absolute atomic E-state index is 12.3. The van der Waals surface area contributed by atoms with Gasteiger partial charge in [0, 0.05) is 14.5 Å². The summed E-state index contributed by atoms with van der Waals surface area (Å²) in [5.41, 5.74) is 5.10. The molecule has 0 spiro atoms. The van der Waals surface area contributed by atoms with Crippen LogP contribution in [0.5, 0.6) is 0 Å². The molecule has 0 aromatic heterocycles. The molecule has 0 saturated carbocycles. The fourth-order valence-corrected chi connectivity index (χ4v) is 2.46. The van der Waals surface area contributed by atoms with Crippen molar-refractivity contribution in [1.82, 2.24) is 0 Å². The first kappa shape index (κ1) is 12.0. The fourth-order valence-electron chi connectivity index (χ4n) is 0.971. The summed E-state index contributed by atoms with van der Waals surface area (Å²) >= 11 is 6.06. The van der Waals surface area contributed by atoms with Gasteiger partial charge in [0.25, 0.3) is 0 Å². The van der Waals surface area contributed by atoms with E-state index in [4.69, 9.17) is 5.73 Å². The molecule has 0 aliphatic heterocycles. The van der Waals surface area contributed by atoms with Crippen molar-refractivity contribution in [3.05, 3.63) is 32.7 Å². The van der Waals surface area contributed by atoms with Gasteiger partial charge in [-0.3, -0.25) is 0 Å². The van der Waals surface area contributed by atoms with Gasteiger partial charge in [-0.25, -0.2) is 0 Å². The van der Waals surface area contributed by atoms with Crippen LogP contribution in [0.4, 0.5) is 13.2 Å². The van der Waals surface area contributed by atoms with E-state index in [0.29, 0.717) is 8.95 Å². The summed E-state index contributed by atoms with van der Waals surface area (Å²) in [6, 6.07) is 2.69. The smallest absolute Gasteiger partial charge is 0.316 e. The number of nitrogens with two attached hydrogens (primary N) is 1. The van der Waals surface area contributed by atoms with E-state index < -0.39 is 12.2 Å². The summed E-state index contributed by atoms with van der Waals surface area (Å²) < 4.78 is 37.7.